The van der Waals surface area contributed by atoms with Crippen molar-refractivity contribution in [1.29, 1.82) is 0 Å². The van der Waals surface area contributed by atoms with Crippen LogP contribution < -0.4 is 0 Å². The fourth-order valence-electron chi connectivity index (χ4n) is 1.90. The minimum absolute atomic E-state index is 0.353. The highest BCUT2D eigenvalue weighted by atomic mass is 35.5. The summed E-state index contributed by atoms with van der Waals surface area (Å²) >= 11 is 6.03. The summed E-state index contributed by atoms with van der Waals surface area (Å²) in [5.41, 5.74) is 1.62. The van der Waals surface area contributed by atoms with Gasteiger partial charge in [0.25, 0.3) is 0 Å². The van der Waals surface area contributed by atoms with Crippen LogP contribution >= 0.6 is 11.6 Å². The molecule has 0 fully saturated rings. The second-order valence-corrected chi connectivity index (χ2v) is 6.55. The molecular formula is C16H15ClO3S. The third-order valence-electron chi connectivity index (χ3n) is 3.23. The van der Waals surface area contributed by atoms with Gasteiger partial charge in [-0.25, -0.2) is 0 Å². The molecule has 0 radical (unpaired) electrons. The molecule has 3 nitrogen and oxygen atoms in total. The molecule has 0 aliphatic rings. The van der Waals surface area contributed by atoms with E-state index in [2.05, 4.69) is 0 Å². The van der Waals surface area contributed by atoms with Gasteiger partial charge in [-0.05, 0) is 30.2 Å². The molecule has 2 aromatic rings. The molecule has 0 saturated carbocycles. The zero-order valence-corrected chi connectivity index (χ0v) is 13.0. The summed E-state index contributed by atoms with van der Waals surface area (Å²) in [7, 11) is -1.22. The second kappa shape index (κ2) is 6.87. The summed E-state index contributed by atoms with van der Waals surface area (Å²) in [6, 6.07) is 14.2. The van der Waals surface area contributed by atoms with Crippen LogP contribution in [0.5, 0.6) is 0 Å². The zero-order valence-electron chi connectivity index (χ0n) is 11.5. The number of carboxylic acids is 1. The molecule has 2 aromatic carbocycles. The third kappa shape index (κ3) is 3.93. The van der Waals surface area contributed by atoms with Crippen LogP contribution in [0.1, 0.15) is 24.0 Å². The highest BCUT2D eigenvalue weighted by Gasteiger charge is 2.14. The topological polar surface area (TPSA) is 54.4 Å². The van der Waals surface area contributed by atoms with Gasteiger partial charge in [0.15, 0.2) is 0 Å². The van der Waals surface area contributed by atoms with Crippen molar-refractivity contribution in [1.82, 2.24) is 0 Å². The van der Waals surface area contributed by atoms with Crippen molar-refractivity contribution in [3.05, 3.63) is 64.7 Å². The average molecular weight is 323 g/mol. The summed E-state index contributed by atoms with van der Waals surface area (Å²) < 4.78 is 12.3. The first kappa shape index (κ1) is 15.7. The highest BCUT2D eigenvalue weighted by Crippen LogP contribution is 2.22. The Balaban J connectivity index is 2.12. The molecule has 0 bridgehead atoms. The van der Waals surface area contributed by atoms with Gasteiger partial charge in [0.05, 0.1) is 32.4 Å². The number of hydrogen-bond acceptors (Lipinski definition) is 2. The van der Waals surface area contributed by atoms with E-state index < -0.39 is 22.7 Å². The summed E-state index contributed by atoms with van der Waals surface area (Å²) in [6.45, 7) is 1.64. The Bertz CT molecular complexity index is 667. The maximum Gasteiger partial charge on any atom is 0.310 e. The first-order valence-electron chi connectivity index (χ1n) is 6.43. The molecule has 2 atom stereocenters. The predicted octanol–water partition coefficient (Wildman–Crippen LogP) is 3.84. The lowest BCUT2D eigenvalue weighted by molar-refractivity contribution is -0.138. The molecule has 0 aliphatic heterocycles. The fourth-order valence-corrected chi connectivity index (χ4v) is 3.46. The average Bonchev–Trinajstić information content (AvgIpc) is 2.47. The van der Waals surface area contributed by atoms with E-state index in [1.54, 1.807) is 43.3 Å². The smallest absolute Gasteiger partial charge is 0.310 e. The van der Waals surface area contributed by atoms with E-state index in [-0.39, 0.29) is 0 Å². The van der Waals surface area contributed by atoms with Gasteiger partial charge in [-0.15, -0.1) is 0 Å². The van der Waals surface area contributed by atoms with E-state index in [1.165, 1.54) is 0 Å². The molecule has 0 amide bonds. The van der Waals surface area contributed by atoms with Gasteiger partial charge in [-0.1, -0.05) is 48.0 Å². The molecule has 0 saturated heterocycles. The lowest BCUT2D eigenvalue weighted by atomic mass is 10.0. The van der Waals surface area contributed by atoms with Gasteiger partial charge >= 0.3 is 5.97 Å². The molecule has 5 heteroatoms. The van der Waals surface area contributed by atoms with Crippen LogP contribution in [0.3, 0.4) is 0 Å². The van der Waals surface area contributed by atoms with Gasteiger partial charge in [0, 0.05) is 0 Å². The van der Waals surface area contributed by atoms with Crippen molar-refractivity contribution < 1.29 is 14.1 Å². The van der Waals surface area contributed by atoms with E-state index in [9.17, 15) is 9.00 Å². The summed E-state index contributed by atoms with van der Waals surface area (Å²) in [5.74, 6) is -1.05. The van der Waals surface area contributed by atoms with Crippen molar-refractivity contribution in [2.45, 2.75) is 23.5 Å². The maximum atomic E-state index is 12.3. The minimum Gasteiger partial charge on any atom is -0.481 e. The number of carbonyl (C=O) groups is 1. The first-order valence-corrected chi connectivity index (χ1v) is 8.13. The Morgan fingerprint density at radius 3 is 2.38 bits per heavy atom. The quantitative estimate of drug-likeness (QED) is 0.910. The monoisotopic (exact) mass is 322 g/mol. The van der Waals surface area contributed by atoms with Crippen LogP contribution in [-0.2, 0) is 21.3 Å². The van der Waals surface area contributed by atoms with Crippen LogP contribution in [0.4, 0.5) is 0 Å². The Kier molecular flexibility index (Phi) is 5.15. The standard InChI is InChI=1S/C16H15ClO3S/c1-11(16(18)19)13-8-6-12(7-9-13)10-21(20)15-5-3-2-4-14(15)17/h2-9,11H,10H2,1H3,(H,18,19). The van der Waals surface area contributed by atoms with Crippen LogP contribution in [-0.4, -0.2) is 15.3 Å². The van der Waals surface area contributed by atoms with Gasteiger partial charge in [-0.3, -0.25) is 9.00 Å². The van der Waals surface area contributed by atoms with Gasteiger partial charge in [-0.2, -0.15) is 0 Å². The van der Waals surface area contributed by atoms with E-state index in [0.29, 0.717) is 15.7 Å². The van der Waals surface area contributed by atoms with Crippen LogP contribution in [0.2, 0.25) is 5.02 Å². The number of halogens is 1. The minimum atomic E-state index is -1.22. The van der Waals surface area contributed by atoms with Crippen molar-refractivity contribution in [3.63, 3.8) is 0 Å². The molecule has 2 unspecified atom stereocenters. The lowest BCUT2D eigenvalue weighted by Crippen LogP contribution is -2.07. The summed E-state index contributed by atoms with van der Waals surface area (Å²) in [6.07, 6.45) is 0. The fraction of sp³-hybridized carbons (Fsp3) is 0.188. The van der Waals surface area contributed by atoms with Gasteiger partial charge in [0.2, 0.25) is 0 Å². The Morgan fingerprint density at radius 1 is 1.19 bits per heavy atom. The van der Waals surface area contributed by atoms with Crippen LogP contribution in [0, 0.1) is 0 Å². The summed E-state index contributed by atoms with van der Waals surface area (Å²) in [5, 5.41) is 9.46. The molecule has 21 heavy (non-hydrogen) atoms. The SMILES string of the molecule is CC(C(=O)O)c1ccc(CS(=O)c2ccccc2Cl)cc1. The molecule has 0 aromatic heterocycles. The number of aliphatic carboxylic acids is 1. The molecule has 2 rings (SSSR count). The highest BCUT2D eigenvalue weighted by molar-refractivity contribution is 7.84. The molecular weight excluding hydrogens is 308 g/mol. The van der Waals surface area contributed by atoms with Gasteiger partial charge in [0.1, 0.15) is 0 Å². The van der Waals surface area contributed by atoms with Crippen molar-refractivity contribution >= 4 is 28.4 Å². The maximum absolute atomic E-state index is 12.3. The molecule has 0 spiro atoms. The predicted molar refractivity (Wildman–Crippen MR) is 84.1 cm³/mol. The number of benzene rings is 2. The molecule has 1 N–H and O–H groups in total. The van der Waals surface area contributed by atoms with Crippen molar-refractivity contribution in [2.75, 3.05) is 0 Å². The number of carboxylic acid groups (broad SMARTS) is 1. The van der Waals surface area contributed by atoms with E-state index >= 15 is 0 Å². The first-order chi connectivity index (χ1) is 9.99. The number of rotatable bonds is 5. The van der Waals surface area contributed by atoms with Crippen molar-refractivity contribution in [3.8, 4) is 0 Å². The van der Waals surface area contributed by atoms with E-state index in [0.717, 1.165) is 11.1 Å². The number of hydrogen-bond donors (Lipinski definition) is 1. The zero-order chi connectivity index (χ0) is 15.4. The molecule has 110 valence electrons. The van der Waals surface area contributed by atoms with Crippen LogP contribution in [0.15, 0.2) is 53.4 Å². The normalized spacial score (nSPS) is 13.6. The van der Waals surface area contributed by atoms with Crippen molar-refractivity contribution in [2.24, 2.45) is 0 Å². The van der Waals surface area contributed by atoms with Gasteiger partial charge < -0.3 is 5.11 Å². The summed E-state index contributed by atoms with van der Waals surface area (Å²) in [4.78, 5) is 11.5. The molecule has 0 aliphatic carbocycles. The van der Waals surface area contributed by atoms with Crippen LogP contribution in [0.25, 0.3) is 0 Å². The van der Waals surface area contributed by atoms with E-state index in [1.807, 2.05) is 12.1 Å². The Hall–Kier alpha value is -1.65. The second-order valence-electron chi connectivity index (χ2n) is 4.72. The van der Waals surface area contributed by atoms with E-state index in [4.69, 9.17) is 16.7 Å². The largest absolute Gasteiger partial charge is 0.481 e. The Morgan fingerprint density at radius 2 is 1.81 bits per heavy atom. The Labute approximate surface area is 131 Å². The lowest BCUT2D eigenvalue weighted by Gasteiger charge is -2.08. The third-order valence-corrected chi connectivity index (χ3v) is 5.11. The molecule has 0 heterocycles.